The first-order chi connectivity index (χ1) is 12.8. The van der Waals surface area contributed by atoms with Gasteiger partial charge in [-0.2, -0.15) is 0 Å². The molecule has 1 N–H and O–H groups in total. The molecule has 0 saturated carbocycles. The van der Waals surface area contributed by atoms with Crippen molar-refractivity contribution >= 4 is 34.1 Å². The van der Waals surface area contributed by atoms with E-state index in [0.717, 1.165) is 0 Å². The van der Waals surface area contributed by atoms with Gasteiger partial charge < -0.3 is 5.32 Å². The van der Waals surface area contributed by atoms with Crippen LogP contribution in [0.2, 0.25) is 0 Å². The zero-order valence-electron chi connectivity index (χ0n) is 13.4. The molecule has 0 bridgehead atoms. The smallest absolute Gasteiger partial charge is 0.236 e. The average Bonchev–Trinajstić information content (AvgIpc) is 3.41. The monoisotopic (exact) mass is 383 g/mol. The normalized spacial score (nSPS) is 10.8. The van der Waals surface area contributed by atoms with Crippen molar-refractivity contribution in [1.82, 2.24) is 29.5 Å². The number of anilines is 1. The molecule has 0 aliphatic rings. The van der Waals surface area contributed by atoms with Crippen molar-refractivity contribution in [3.63, 3.8) is 0 Å². The summed E-state index contributed by atoms with van der Waals surface area (Å²) < 4.78 is 3.68. The molecule has 10 heteroatoms. The fourth-order valence-corrected chi connectivity index (χ4v) is 3.53. The summed E-state index contributed by atoms with van der Waals surface area (Å²) in [6, 6.07) is 9.43. The number of pyridine rings is 1. The topological polar surface area (TPSA) is 90.5 Å². The molecule has 26 heavy (non-hydrogen) atoms. The van der Waals surface area contributed by atoms with E-state index in [4.69, 9.17) is 0 Å². The molecule has 0 fully saturated rings. The number of hydrogen-bond acceptors (Lipinski definition) is 7. The summed E-state index contributed by atoms with van der Waals surface area (Å²) in [6.07, 6.45) is 7.12. The Labute approximate surface area is 156 Å². The molecule has 0 radical (unpaired) electrons. The Morgan fingerprint density at radius 1 is 1.12 bits per heavy atom. The van der Waals surface area contributed by atoms with E-state index in [1.807, 2.05) is 57.5 Å². The van der Waals surface area contributed by atoms with Crippen LogP contribution in [-0.4, -0.2) is 41.2 Å². The molecular formula is C16H13N7OS2. The maximum absolute atomic E-state index is 12.1. The highest BCUT2D eigenvalue weighted by Gasteiger charge is 2.17. The van der Waals surface area contributed by atoms with Crippen LogP contribution >= 0.6 is 23.1 Å². The molecule has 4 aromatic rings. The molecule has 0 aromatic carbocycles. The number of thiazole rings is 1. The van der Waals surface area contributed by atoms with Crippen molar-refractivity contribution < 1.29 is 4.79 Å². The molecule has 0 spiro atoms. The first-order valence-electron chi connectivity index (χ1n) is 7.64. The van der Waals surface area contributed by atoms with Gasteiger partial charge >= 0.3 is 0 Å². The first-order valence-corrected chi connectivity index (χ1v) is 9.50. The Hall–Kier alpha value is -2.98. The van der Waals surface area contributed by atoms with E-state index >= 15 is 0 Å². The minimum atomic E-state index is -0.147. The summed E-state index contributed by atoms with van der Waals surface area (Å²) in [7, 11) is 0. The van der Waals surface area contributed by atoms with Crippen LogP contribution in [0, 0.1) is 0 Å². The standard InChI is InChI=1S/C16H13N7OS2/c24-13(19-15-18-7-10-25-15)11-26-16-21-20-14(12-5-1-2-6-17-12)23(16)22-8-3-4-9-22/h1-10H,11H2,(H,18,19,24). The second-order valence-electron chi connectivity index (χ2n) is 5.07. The Bertz CT molecular complexity index is 981. The van der Waals surface area contributed by atoms with Crippen LogP contribution in [0.5, 0.6) is 0 Å². The van der Waals surface area contributed by atoms with E-state index in [0.29, 0.717) is 21.8 Å². The number of aromatic nitrogens is 6. The van der Waals surface area contributed by atoms with Crippen LogP contribution in [0.25, 0.3) is 11.5 Å². The first kappa shape index (κ1) is 16.5. The lowest BCUT2D eigenvalue weighted by atomic mass is 10.3. The second kappa shape index (κ2) is 7.50. The van der Waals surface area contributed by atoms with E-state index in [-0.39, 0.29) is 11.7 Å². The molecule has 130 valence electrons. The third-order valence-electron chi connectivity index (χ3n) is 3.34. The molecular weight excluding hydrogens is 370 g/mol. The molecule has 0 unspecified atom stereocenters. The minimum absolute atomic E-state index is 0.147. The average molecular weight is 383 g/mol. The van der Waals surface area contributed by atoms with Crippen LogP contribution in [0.1, 0.15) is 0 Å². The van der Waals surface area contributed by atoms with Crippen molar-refractivity contribution in [3.05, 3.63) is 60.5 Å². The molecule has 0 aliphatic heterocycles. The Balaban J connectivity index is 1.58. The molecule has 0 aliphatic carbocycles. The summed E-state index contributed by atoms with van der Waals surface area (Å²) >= 11 is 2.67. The van der Waals surface area contributed by atoms with Gasteiger partial charge in [-0.25, -0.2) is 9.66 Å². The summed E-state index contributed by atoms with van der Waals surface area (Å²) in [5.74, 6) is 0.650. The number of thioether (sulfide) groups is 1. The van der Waals surface area contributed by atoms with Crippen molar-refractivity contribution in [2.75, 3.05) is 11.1 Å². The van der Waals surface area contributed by atoms with Crippen molar-refractivity contribution in [3.8, 4) is 11.5 Å². The highest BCUT2D eigenvalue weighted by atomic mass is 32.2. The van der Waals surface area contributed by atoms with Crippen LogP contribution in [0.3, 0.4) is 0 Å². The van der Waals surface area contributed by atoms with Gasteiger partial charge in [0.15, 0.2) is 5.13 Å². The summed E-state index contributed by atoms with van der Waals surface area (Å²) in [5.41, 5.74) is 0.702. The Morgan fingerprint density at radius 3 is 2.73 bits per heavy atom. The van der Waals surface area contributed by atoms with Crippen molar-refractivity contribution in [2.24, 2.45) is 0 Å². The van der Waals surface area contributed by atoms with E-state index in [1.54, 1.807) is 12.4 Å². The van der Waals surface area contributed by atoms with E-state index in [2.05, 4.69) is 25.5 Å². The number of rotatable bonds is 6. The van der Waals surface area contributed by atoms with Crippen molar-refractivity contribution in [2.45, 2.75) is 5.16 Å². The van der Waals surface area contributed by atoms with Gasteiger partial charge in [-0.05, 0) is 24.3 Å². The maximum atomic E-state index is 12.1. The van der Waals surface area contributed by atoms with Crippen LogP contribution in [0.4, 0.5) is 5.13 Å². The largest absolute Gasteiger partial charge is 0.301 e. The lowest BCUT2D eigenvalue weighted by Gasteiger charge is -2.10. The van der Waals surface area contributed by atoms with Gasteiger partial charge in [-0.3, -0.25) is 14.5 Å². The minimum Gasteiger partial charge on any atom is -0.301 e. The van der Waals surface area contributed by atoms with Gasteiger partial charge in [0.25, 0.3) is 0 Å². The van der Waals surface area contributed by atoms with Gasteiger partial charge in [-0.15, -0.1) is 21.5 Å². The third-order valence-corrected chi connectivity index (χ3v) is 4.94. The van der Waals surface area contributed by atoms with E-state index in [9.17, 15) is 4.79 Å². The molecule has 1 amide bonds. The van der Waals surface area contributed by atoms with Crippen LogP contribution < -0.4 is 5.32 Å². The molecule has 4 aromatic heterocycles. The SMILES string of the molecule is O=C(CSc1nnc(-c2ccccn2)n1-n1cccc1)Nc1nccs1. The predicted molar refractivity (Wildman–Crippen MR) is 99.9 cm³/mol. The zero-order chi connectivity index (χ0) is 17.8. The van der Waals surface area contributed by atoms with E-state index < -0.39 is 0 Å². The molecule has 0 atom stereocenters. The lowest BCUT2D eigenvalue weighted by molar-refractivity contribution is -0.113. The molecule has 4 heterocycles. The Kier molecular flexibility index (Phi) is 4.75. The summed E-state index contributed by atoms with van der Waals surface area (Å²) in [6.45, 7) is 0. The fourth-order valence-electron chi connectivity index (χ4n) is 2.25. The third kappa shape index (κ3) is 3.51. The number of carbonyl (C=O) groups excluding carboxylic acids is 1. The number of amides is 1. The number of carbonyl (C=O) groups is 1. The maximum Gasteiger partial charge on any atom is 0.236 e. The molecule has 8 nitrogen and oxygen atoms in total. The van der Waals surface area contributed by atoms with Crippen LogP contribution in [-0.2, 0) is 4.79 Å². The molecule has 4 rings (SSSR count). The zero-order valence-corrected chi connectivity index (χ0v) is 15.0. The van der Waals surface area contributed by atoms with E-state index in [1.165, 1.54) is 23.1 Å². The van der Waals surface area contributed by atoms with Gasteiger partial charge in [0.2, 0.25) is 16.9 Å². The second-order valence-corrected chi connectivity index (χ2v) is 6.91. The lowest BCUT2D eigenvalue weighted by Crippen LogP contribution is -2.15. The van der Waals surface area contributed by atoms with Crippen LogP contribution in [0.15, 0.2) is 65.7 Å². The quantitative estimate of drug-likeness (QED) is 0.515. The highest BCUT2D eigenvalue weighted by molar-refractivity contribution is 7.99. The van der Waals surface area contributed by atoms with Crippen molar-refractivity contribution in [1.29, 1.82) is 0 Å². The van der Waals surface area contributed by atoms with Gasteiger partial charge in [0.1, 0.15) is 5.69 Å². The Morgan fingerprint density at radius 2 is 2.00 bits per heavy atom. The van der Waals surface area contributed by atoms with Gasteiger partial charge in [0, 0.05) is 30.2 Å². The number of nitrogens with zero attached hydrogens (tertiary/aromatic N) is 6. The number of hydrogen-bond donors (Lipinski definition) is 1. The fraction of sp³-hybridized carbons (Fsp3) is 0.0625. The summed E-state index contributed by atoms with van der Waals surface area (Å²) in [5, 5.41) is 14.2. The summed E-state index contributed by atoms with van der Waals surface area (Å²) in [4.78, 5) is 20.5. The van der Waals surface area contributed by atoms with Gasteiger partial charge in [-0.1, -0.05) is 17.8 Å². The number of nitrogens with one attached hydrogen (secondary N) is 1. The highest BCUT2D eigenvalue weighted by Crippen LogP contribution is 2.23. The predicted octanol–water partition coefficient (Wildman–Crippen LogP) is 2.64. The molecule has 0 saturated heterocycles. The van der Waals surface area contributed by atoms with Gasteiger partial charge in [0.05, 0.1) is 5.75 Å².